The third kappa shape index (κ3) is 3.23. The molecule has 3 aromatic rings. The number of hydrogen-bond donors (Lipinski definition) is 0. The Hall–Kier alpha value is -1.24. The van der Waals surface area contributed by atoms with Crippen LogP contribution < -0.4 is 4.74 Å². The monoisotopic (exact) mass is 409 g/mol. The number of benzene rings is 2. The van der Waals surface area contributed by atoms with Gasteiger partial charge in [0.1, 0.15) is 0 Å². The Balaban J connectivity index is 1.81. The minimum Gasteiger partial charge on any atom is -0.490 e. The van der Waals surface area contributed by atoms with Gasteiger partial charge in [0.05, 0.1) is 21.6 Å². The Morgan fingerprint density at radius 3 is 2.58 bits per heavy atom. The maximum atomic E-state index is 15.2. The minimum absolute atomic E-state index is 0.228. The summed E-state index contributed by atoms with van der Waals surface area (Å²) in [6.07, 6.45) is 3.03. The Morgan fingerprint density at radius 2 is 1.85 bits per heavy atom. The molecule has 6 heteroatoms. The van der Waals surface area contributed by atoms with Gasteiger partial charge >= 0.3 is 0 Å². The van der Waals surface area contributed by atoms with E-state index in [2.05, 4.69) is 6.92 Å². The SMILES string of the molecule is CCCCOc1ccc2c(sc3c(F)c(C4=[S+]CCCS4)ccc32)c1F. The second-order valence-electron chi connectivity index (χ2n) is 6.20. The average molecular weight is 410 g/mol. The third-order valence-electron chi connectivity index (χ3n) is 4.38. The molecular formula is C20H19F2OS3+. The van der Waals surface area contributed by atoms with Crippen molar-refractivity contribution in [2.45, 2.75) is 26.2 Å². The van der Waals surface area contributed by atoms with Gasteiger partial charge in [-0.05, 0) is 24.6 Å². The molecule has 26 heavy (non-hydrogen) atoms. The molecule has 0 aliphatic carbocycles. The fourth-order valence-electron chi connectivity index (χ4n) is 3.00. The summed E-state index contributed by atoms with van der Waals surface area (Å²) in [5.41, 5.74) is 0.651. The molecule has 0 N–H and O–H groups in total. The van der Waals surface area contributed by atoms with E-state index in [0.29, 0.717) is 21.6 Å². The zero-order chi connectivity index (χ0) is 18.1. The molecule has 0 radical (unpaired) electrons. The number of hydrogen-bond acceptors (Lipinski definition) is 3. The van der Waals surface area contributed by atoms with Crippen LogP contribution in [-0.4, -0.2) is 22.3 Å². The van der Waals surface area contributed by atoms with E-state index in [1.165, 1.54) is 11.3 Å². The number of rotatable bonds is 5. The molecule has 136 valence electrons. The molecule has 2 aromatic carbocycles. The molecule has 1 aliphatic rings. The van der Waals surface area contributed by atoms with Crippen LogP contribution in [0.3, 0.4) is 0 Å². The van der Waals surface area contributed by atoms with Gasteiger partial charge in [-0.15, -0.1) is 11.3 Å². The van der Waals surface area contributed by atoms with E-state index in [1.807, 2.05) is 18.2 Å². The van der Waals surface area contributed by atoms with Crippen molar-refractivity contribution in [2.24, 2.45) is 0 Å². The van der Waals surface area contributed by atoms with E-state index in [4.69, 9.17) is 4.74 Å². The van der Waals surface area contributed by atoms with Gasteiger partial charge in [-0.1, -0.05) is 31.2 Å². The first kappa shape index (κ1) is 18.1. The predicted molar refractivity (Wildman–Crippen MR) is 113 cm³/mol. The quantitative estimate of drug-likeness (QED) is 0.281. The fraction of sp³-hybridized carbons (Fsp3) is 0.350. The van der Waals surface area contributed by atoms with E-state index in [0.717, 1.165) is 45.7 Å². The molecule has 0 fully saturated rings. The van der Waals surface area contributed by atoms with Crippen LogP contribution >= 0.6 is 23.1 Å². The van der Waals surface area contributed by atoms with Crippen molar-refractivity contribution in [1.82, 2.24) is 0 Å². The molecule has 0 saturated carbocycles. The highest BCUT2D eigenvalue weighted by atomic mass is 32.2. The molecule has 2 heterocycles. The second kappa shape index (κ2) is 7.79. The molecule has 1 aliphatic heterocycles. The minimum atomic E-state index is -0.380. The highest BCUT2D eigenvalue weighted by Crippen LogP contribution is 2.41. The van der Waals surface area contributed by atoms with E-state index in [1.54, 1.807) is 29.2 Å². The Kier molecular flexibility index (Phi) is 5.43. The van der Waals surface area contributed by atoms with Crippen LogP contribution in [0.4, 0.5) is 8.78 Å². The molecule has 0 saturated heterocycles. The highest BCUT2D eigenvalue weighted by Gasteiger charge is 2.25. The summed E-state index contributed by atoms with van der Waals surface area (Å²) in [5.74, 6) is 1.70. The van der Waals surface area contributed by atoms with E-state index < -0.39 is 0 Å². The van der Waals surface area contributed by atoms with E-state index >= 15 is 4.39 Å². The molecule has 4 rings (SSSR count). The fourth-order valence-corrected chi connectivity index (χ4v) is 6.76. The van der Waals surface area contributed by atoms with Gasteiger partial charge in [0.25, 0.3) is 4.20 Å². The molecule has 0 spiro atoms. The van der Waals surface area contributed by atoms with Gasteiger partial charge in [0, 0.05) is 22.9 Å². The smallest absolute Gasteiger partial charge is 0.268 e. The van der Waals surface area contributed by atoms with E-state index in [9.17, 15) is 4.39 Å². The summed E-state index contributed by atoms with van der Waals surface area (Å²) in [5, 5.41) is 1.53. The van der Waals surface area contributed by atoms with Crippen molar-refractivity contribution in [2.75, 3.05) is 18.1 Å². The maximum Gasteiger partial charge on any atom is 0.268 e. The molecule has 1 aromatic heterocycles. The van der Waals surface area contributed by atoms with Gasteiger partial charge in [0.15, 0.2) is 34.5 Å². The zero-order valence-electron chi connectivity index (χ0n) is 14.4. The lowest BCUT2D eigenvalue weighted by Crippen LogP contribution is -2.08. The number of fused-ring (bicyclic) bond motifs is 3. The lowest BCUT2D eigenvalue weighted by molar-refractivity contribution is 0.295. The van der Waals surface area contributed by atoms with Crippen molar-refractivity contribution in [3.63, 3.8) is 0 Å². The number of ether oxygens (including phenoxy) is 1. The summed E-state index contributed by atoms with van der Waals surface area (Å²) in [7, 11) is 0. The second-order valence-corrected chi connectivity index (χ2v) is 9.69. The van der Waals surface area contributed by atoms with Crippen LogP contribution in [0.5, 0.6) is 5.75 Å². The third-order valence-corrected chi connectivity index (χ3v) is 8.25. The van der Waals surface area contributed by atoms with E-state index in [-0.39, 0.29) is 17.4 Å². The first-order valence-corrected chi connectivity index (χ1v) is 11.6. The maximum absolute atomic E-state index is 15.2. The largest absolute Gasteiger partial charge is 0.490 e. The van der Waals surface area contributed by atoms with Gasteiger partial charge < -0.3 is 4.74 Å². The van der Waals surface area contributed by atoms with Gasteiger partial charge in [-0.2, -0.15) is 0 Å². The number of thiophene rings is 1. The lowest BCUT2D eigenvalue weighted by atomic mass is 10.1. The van der Waals surface area contributed by atoms with Crippen molar-refractivity contribution in [3.8, 4) is 5.75 Å². The van der Waals surface area contributed by atoms with Crippen LogP contribution in [0.2, 0.25) is 0 Å². The topological polar surface area (TPSA) is 9.23 Å². The Morgan fingerprint density at radius 1 is 1.08 bits per heavy atom. The highest BCUT2D eigenvalue weighted by molar-refractivity contribution is 8.23. The van der Waals surface area contributed by atoms with Gasteiger partial charge in [-0.3, -0.25) is 0 Å². The summed E-state index contributed by atoms with van der Waals surface area (Å²) >= 11 is 4.61. The summed E-state index contributed by atoms with van der Waals surface area (Å²) < 4.78 is 37.6. The normalized spacial score (nSPS) is 14.8. The Bertz CT molecular complexity index is 994. The molecule has 0 bridgehead atoms. The lowest BCUT2D eigenvalue weighted by Gasteiger charge is -2.06. The number of thioether (sulfide) groups is 1. The van der Waals surface area contributed by atoms with Crippen LogP contribution in [0, 0.1) is 11.6 Å². The first-order chi connectivity index (χ1) is 12.7. The molecular weight excluding hydrogens is 390 g/mol. The summed E-state index contributed by atoms with van der Waals surface area (Å²) in [4.78, 5) is 0. The van der Waals surface area contributed by atoms with Crippen LogP contribution in [0.25, 0.3) is 20.2 Å². The average Bonchev–Trinajstić information content (AvgIpc) is 3.05. The van der Waals surface area contributed by atoms with Crippen molar-refractivity contribution >= 4 is 58.8 Å². The summed E-state index contributed by atoms with van der Waals surface area (Å²) in [6, 6.07) is 7.27. The van der Waals surface area contributed by atoms with Crippen LogP contribution in [0.15, 0.2) is 24.3 Å². The number of halogens is 2. The standard InChI is InChI=1S/C20H19F2OS3/c1-2-3-9-23-15-8-7-13-12-5-6-14(20-24-10-4-11-25-20)16(21)18(12)26-19(13)17(15)22/h5-8H,2-4,9-11H2,1H3/q+1. The zero-order valence-corrected chi connectivity index (χ0v) is 16.9. The molecule has 1 nitrogen and oxygen atoms in total. The van der Waals surface area contributed by atoms with Crippen molar-refractivity contribution in [3.05, 3.63) is 41.5 Å². The molecule has 0 unspecified atom stereocenters. The summed E-state index contributed by atoms with van der Waals surface area (Å²) in [6.45, 7) is 2.56. The first-order valence-electron chi connectivity index (χ1n) is 8.79. The van der Waals surface area contributed by atoms with Gasteiger partial charge in [-0.25, -0.2) is 8.78 Å². The van der Waals surface area contributed by atoms with Crippen LogP contribution in [-0.2, 0) is 11.4 Å². The van der Waals surface area contributed by atoms with Crippen molar-refractivity contribution < 1.29 is 13.5 Å². The van der Waals surface area contributed by atoms with Crippen molar-refractivity contribution in [1.29, 1.82) is 0 Å². The Labute approximate surface area is 163 Å². The molecule has 0 atom stereocenters. The molecule has 0 amide bonds. The predicted octanol–water partition coefficient (Wildman–Crippen LogP) is 6.21. The van der Waals surface area contributed by atoms with Crippen LogP contribution in [0.1, 0.15) is 31.7 Å². The number of unbranched alkanes of at least 4 members (excludes halogenated alkanes) is 1. The van der Waals surface area contributed by atoms with Gasteiger partial charge in [0.2, 0.25) is 0 Å².